The summed E-state index contributed by atoms with van der Waals surface area (Å²) < 4.78 is 21.2. The largest absolute Gasteiger partial charge is 0.387 e. The third kappa shape index (κ3) is 17.3. The predicted octanol–water partition coefficient (Wildman–Crippen LogP) is 11.9. The van der Waals surface area contributed by atoms with Crippen LogP contribution >= 0.6 is 0 Å². The van der Waals surface area contributed by atoms with Crippen molar-refractivity contribution in [3.63, 3.8) is 0 Å². The first-order valence-electron chi connectivity index (χ1n) is 49.4. The van der Waals surface area contributed by atoms with Gasteiger partial charge in [0.25, 0.3) is 11.8 Å². The second-order valence-corrected chi connectivity index (χ2v) is 38.1. The molecule has 0 atom stereocenters. The number of nitrogen functional groups attached to an aromatic ring is 4. The highest BCUT2D eigenvalue weighted by Gasteiger charge is 2.35. The maximum absolute atomic E-state index is 12.7. The van der Waals surface area contributed by atoms with E-state index in [0.717, 1.165) is 208 Å². The van der Waals surface area contributed by atoms with Gasteiger partial charge in [0.1, 0.15) is 83.1 Å². The smallest absolute Gasteiger partial charge is 0.291 e. The fourth-order valence-corrected chi connectivity index (χ4v) is 21.3. The van der Waals surface area contributed by atoms with E-state index in [-0.39, 0.29) is 59.4 Å². The Morgan fingerprint density at radius 3 is 0.960 bits per heavy atom. The number of aromatic nitrogens is 30. The summed E-state index contributed by atoms with van der Waals surface area (Å²) in [6.07, 6.45) is 38.0. The molecule has 0 saturated carbocycles. The third-order valence-corrected chi connectivity index (χ3v) is 29.1. The summed E-state index contributed by atoms with van der Waals surface area (Å²) >= 11 is 0. The SMILES string of the molecule is Cc1cn(C2CCN(C(=O)CO)CC2)c2nc3c(-c4ccc(-c5ccccc5)nc4)cnn3c(N)c12.Cc1cn(C2CCN(C(=O)CO)CC2)c2nc3c(-c4ccc(-c5ccn(C)n5)nc4)cnn3c(N)c12.Cc1cn(C2CCN(C(=O)c3ncn[nH]3)CC2)c2nc3c(-c4ccc(-c5ccn(C)n5)nc4)cnn3c(N)c12.Cc1cn(C2CCN(C(=O)c3ncn[nH]3)CC2)c2nc3c(-c4ccn(-c5ccccc5)c4)cnn3c(N)c12. The molecule has 752 valence electrons. The molecule has 4 fully saturated rings. The fourth-order valence-electron chi connectivity index (χ4n) is 21.3. The lowest BCUT2D eigenvalue weighted by Gasteiger charge is -2.32. The van der Waals surface area contributed by atoms with Gasteiger partial charge in [0, 0.05) is 215 Å². The van der Waals surface area contributed by atoms with Crippen molar-refractivity contribution < 1.29 is 29.4 Å². The van der Waals surface area contributed by atoms with Gasteiger partial charge >= 0.3 is 0 Å². The number of rotatable bonds is 16. The summed E-state index contributed by atoms with van der Waals surface area (Å²) in [7, 11) is 3.76. The van der Waals surface area contributed by atoms with Crippen molar-refractivity contribution in [2.75, 3.05) is 88.5 Å². The highest BCUT2D eigenvalue weighted by atomic mass is 16.3. The summed E-state index contributed by atoms with van der Waals surface area (Å²) in [6, 6.07) is 38.9. The van der Waals surface area contributed by atoms with Crippen LogP contribution in [0.2, 0.25) is 0 Å². The molecule has 0 aliphatic carbocycles. The van der Waals surface area contributed by atoms with E-state index in [1.807, 2.05) is 179 Å². The number of amides is 4. The van der Waals surface area contributed by atoms with E-state index >= 15 is 0 Å². The first-order chi connectivity index (χ1) is 72.5. The normalized spacial score (nSPS) is 14.7. The number of carbonyl (C=O) groups excluding carboxylic acids is 4. The molecular formula is C105H106N38O6. The van der Waals surface area contributed by atoms with Crippen molar-refractivity contribution in [1.29, 1.82) is 0 Å². The topological polar surface area (TPSA) is 529 Å². The summed E-state index contributed by atoms with van der Waals surface area (Å²) in [4.78, 5) is 98.4. The third-order valence-electron chi connectivity index (χ3n) is 29.1. The molecule has 4 aliphatic rings. The standard InChI is InChI=1S/C27H26N10O.C27H27N7O2.C26H26N12O.C25H27N9O2/c1-17-14-36(20-8-11-34(12-9-20)27(38)24-29-16-30-33-24)26-22(17)23(28)37-25(32-26)21(13-31-37)18-7-10-35(15-18)19-5-3-2-4-6-19;1-17-15-33(20-9-11-32(12-10-20)23(36)16-35)27-24(17)25(28)34-26(31-27)21(14-30-34)19-7-8-22(29-13-19)18-5-3-2-4-6-18;1-15-13-37(17-5-9-36(10-6-17)26(39)23-29-14-30-33-23)25-21(15)22(27)38-24(32-25)18(12-31-38)16-3-4-19(28-11-16)20-7-8-35(2)34-20;1-15-13-33(17-5-9-32(10-6-17)21(36)14-35)25-22(15)23(26)34-24(29-25)18(12-28-34)16-3-4-19(27-11-16)20-7-8-31(2)30-20/h2-7,10,13-16,20H,8-9,11-12,28H2,1H3,(H,29,30,33);2-8,13-15,20,35H,9-12,16,28H2,1H3;3-4,7-8,11-14,17H,5-6,9-10,27H2,1-2H3,(H,29,30,33);3-4,7-8,11-13,17,35H,5-6,9-10,14,26H2,1-2H3. The number of anilines is 4. The van der Waals surface area contributed by atoms with Crippen LogP contribution in [0.1, 0.15) is 119 Å². The van der Waals surface area contributed by atoms with Crippen LogP contribution in [0, 0.1) is 27.7 Å². The predicted molar refractivity (Wildman–Crippen MR) is 560 cm³/mol. The van der Waals surface area contributed by atoms with Crippen LogP contribution in [0.25, 0.3) is 151 Å². The van der Waals surface area contributed by atoms with Crippen LogP contribution in [0.15, 0.2) is 221 Å². The molecule has 2 aromatic carbocycles. The first-order valence-corrected chi connectivity index (χ1v) is 49.4. The van der Waals surface area contributed by atoms with Gasteiger partial charge in [-0.05, 0) is 150 Å². The molecule has 0 radical (unpaired) electrons. The second kappa shape index (κ2) is 38.9. The maximum Gasteiger partial charge on any atom is 0.291 e. The first kappa shape index (κ1) is 94.1. The van der Waals surface area contributed by atoms with Crippen LogP contribution in [0.3, 0.4) is 0 Å². The monoisotopic (exact) mass is 1990 g/mol. The Balaban J connectivity index is 0.000000109. The van der Waals surface area contributed by atoms with Gasteiger partial charge in [0.05, 0.1) is 63.4 Å². The number of aliphatic hydroxyl groups is 2. The Hall–Kier alpha value is -18.5. The number of piperidine rings is 4. The fraction of sp³-hybridized carbons (Fsp3) is 0.267. The zero-order chi connectivity index (χ0) is 102. The maximum atomic E-state index is 12.7. The minimum Gasteiger partial charge on any atom is -0.387 e. The number of hydrogen-bond acceptors (Lipinski definition) is 27. The Kier molecular flexibility index (Phi) is 24.6. The average molecular weight is 2000 g/mol. The number of aliphatic hydroxyl groups excluding tert-OH is 2. The van der Waals surface area contributed by atoms with Crippen molar-refractivity contribution in [3.8, 4) is 84.2 Å². The van der Waals surface area contributed by atoms with Gasteiger partial charge in [-0.3, -0.25) is 53.7 Å². The van der Waals surface area contributed by atoms with Gasteiger partial charge in [-0.15, -0.1) is 0 Å². The van der Waals surface area contributed by atoms with E-state index in [0.29, 0.717) is 92.6 Å². The molecule has 24 heterocycles. The molecule has 0 spiro atoms. The lowest BCUT2D eigenvalue weighted by molar-refractivity contribution is -0.136. The van der Waals surface area contributed by atoms with Crippen LogP contribution in [-0.2, 0) is 23.7 Å². The number of nitrogens with two attached hydrogens (primary N) is 4. The average Bonchev–Trinajstić information content (AvgIpc) is 1.59. The lowest BCUT2D eigenvalue weighted by Crippen LogP contribution is -2.40. The number of benzene rings is 2. The molecule has 0 unspecified atom stereocenters. The summed E-state index contributed by atoms with van der Waals surface area (Å²) in [5.41, 5.74) is 50.2. The van der Waals surface area contributed by atoms with E-state index in [4.69, 9.17) is 42.9 Å². The van der Waals surface area contributed by atoms with Gasteiger partial charge in [-0.1, -0.05) is 66.7 Å². The van der Waals surface area contributed by atoms with Crippen molar-refractivity contribution >= 4 is 114 Å². The van der Waals surface area contributed by atoms with Crippen LogP contribution in [-0.4, -0.2) is 265 Å². The molecule has 22 aromatic rings. The van der Waals surface area contributed by atoms with E-state index in [9.17, 15) is 29.4 Å². The van der Waals surface area contributed by atoms with Crippen molar-refractivity contribution in [3.05, 3.63) is 255 Å². The highest BCUT2D eigenvalue weighted by molar-refractivity contribution is 5.99. The molecule has 149 heavy (non-hydrogen) atoms. The zero-order valence-electron chi connectivity index (χ0n) is 82.5. The Labute approximate surface area is 849 Å². The number of hydrogen-bond donors (Lipinski definition) is 8. The number of pyridine rings is 3. The number of carbonyl (C=O) groups is 4. The summed E-state index contributed by atoms with van der Waals surface area (Å²) in [5, 5.41) is 61.9. The molecule has 0 bridgehead atoms. The summed E-state index contributed by atoms with van der Waals surface area (Å²) in [5.74, 6) is 2.07. The number of H-pyrrole nitrogens is 2. The molecule has 20 aromatic heterocycles. The molecule has 4 saturated heterocycles. The zero-order valence-corrected chi connectivity index (χ0v) is 82.5. The molecule has 44 heteroatoms. The molecule has 4 aliphatic heterocycles. The molecule has 44 nitrogen and oxygen atoms in total. The number of nitrogens with zero attached hydrogens (tertiary/aromatic N) is 32. The molecular weight excluding hydrogens is 1890 g/mol. The van der Waals surface area contributed by atoms with Crippen molar-refractivity contribution in [2.24, 2.45) is 14.1 Å². The van der Waals surface area contributed by atoms with Gasteiger partial charge in [-0.2, -0.15) is 58.9 Å². The summed E-state index contributed by atoms with van der Waals surface area (Å²) in [6.45, 7) is 12.2. The van der Waals surface area contributed by atoms with Crippen molar-refractivity contribution in [2.45, 2.75) is 103 Å². The van der Waals surface area contributed by atoms with Crippen LogP contribution < -0.4 is 22.9 Å². The molecule has 4 amide bonds. The number of likely N-dealkylation sites (tertiary alicyclic amines) is 4. The molecule has 12 N–H and O–H groups in total. The highest BCUT2D eigenvalue weighted by Crippen LogP contribution is 2.43. The quantitative estimate of drug-likeness (QED) is 0.0445. The van der Waals surface area contributed by atoms with Crippen LogP contribution in [0.5, 0.6) is 0 Å². The number of aromatic amines is 2. The van der Waals surface area contributed by atoms with Gasteiger partial charge < -0.3 is 75.6 Å². The number of fused-ring (bicyclic) bond motifs is 8. The minimum absolute atomic E-state index is 0.120. The Morgan fingerprint density at radius 2 is 0.658 bits per heavy atom. The van der Waals surface area contributed by atoms with Crippen molar-refractivity contribution in [1.82, 2.24) is 166 Å². The van der Waals surface area contributed by atoms with Gasteiger partial charge in [0.2, 0.25) is 23.5 Å². The lowest BCUT2D eigenvalue weighted by atomic mass is 10.0. The van der Waals surface area contributed by atoms with E-state index in [1.54, 1.807) is 62.0 Å². The second-order valence-electron chi connectivity index (χ2n) is 38.1. The van der Waals surface area contributed by atoms with Gasteiger partial charge in [0.15, 0.2) is 22.6 Å². The number of para-hydroxylation sites is 1. The van der Waals surface area contributed by atoms with E-state index in [1.165, 1.54) is 12.7 Å². The Bertz CT molecular complexity index is 8770. The van der Waals surface area contributed by atoms with E-state index < -0.39 is 13.2 Å². The molecule has 26 rings (SSSR count). The van der Waals surface area contributed by atoms with Crippen LogP contribution in [0.4, 0.5) is 23.3 Å². The van der Waals surface area contributed by atoms with E-state index in [2.05, 4.69) is 155 Å². The number of nitrogens with one attached hydrogen (secondary N) is 2. The Morgan fingerprint density at radius 1 is 0.336 bits per heavy atom. The number of aryl methyl sites for hydroxylation is 6. The minimum atomic E-state index is -0.450. The van der Waals surface area contributed by atoms with Gasteiger partial charge in [-0.25, -0.2) is 29.9 Å².